The first-order valence-electron chi connectivity index (χ1n) is 8.76. The number of sulfonamides is 1. The zero-order chi connectivity index (χ0) is 19.9. The van der Waals surface area contributed by atoms with Gasteiger partial charge < -0.3 is 10.1 Å². The third-order valence-corrected chi connectivity index (χ3v) is 5.39. The van der Waals surface area contributed by atoms with Crippen LogP contribution in [0.5, 0.6) is 5.75 Å². The molecule has 6 nitrogen and oxygen atoms in total. The summed E-state index contributed by atoms with van der Waals surface area (Å²) in [5.74, 6) is 0.320. The minimum Gasteiger partial charge on any atom is -0.484 e. The van der Waals surface area contributed by atoms with Gasteiger partial charge in [0.15, 0.2) is 6.61 Å². The Morgan fingerprint density at radius 3 is 2.33 bits per heavy atom. The Morgan fingerprint density at radius 1 is 1.11 bits per heavy atom. The fraction of sp³-hybridized carbons (Fsp3) is 0.350. The Morgan fingerprint density at radius 2 is 1.74 bits per heavy atom. The number of anilines is 1. The first-order chi connectivity index (χ1) is 12.8. The van der Waals surface area contributed by atoms with Crippen LogP contribution in [0.2, 0.25) is 0 Å². The van der Waals surface area contributed by atoms with Gasteiger partial charge in [0.2, 0.25) is 10.0 Å². The summed E-state index contributed by atoms with van der Waals surface area (Å²) in [6.07, 6.45) is 2.89. The van der Waals surface area contributed by atoms with Crippen molar-refractivity contribution in [2.24, 2.45) is 0 Å². The smallest absolute Gasteiger partial charge is 0.258 e. The highest BCUT2D eigenvalue weighted by Gasteiger charge is 2.12. The van der Waals surface area contributed by atoms with Crippen LogP contribution < -0.4 is 14.4 Å². The third kappa shape index (κ3) is 6.94. The van der Waals surface area contributed by atoms with Crippen LogP contribution in [0.25, 0.3) is 0 Å². The first-order valence-corrected chi connectivity index (χ1v) is 10.6. The zero-order valence-corrected chi connectivity index (χ0v) is 16.7. The average molecular weight is 391 g/mol. The van der Waals surface area contributed by atoms with Gasteiger partial charge in [0.25, 0.3) is 5.91 Å². The summed E-state index contributed by atoms with van der Waals surface area (Å²) in [5, 5.41) is 2.92. The number of carbonyl (C=O) groups is 1. The van der Waals surface area contributed by atoms with Crippen LogP contribution in [0.15, 0.2) is 54.6 Å². The molecule has 1 amide bonds. The van der Waals surface area contributed by atoms with E-state index in [2.05, 4.69) is 17.4 Å². The van der Waals surface area contributed by atoms with E-state index in [0.29, 0.717) is 11.4 Å². The summed E-state index contributed by atoms with van der Waals surface area (Å²) >= 11 is 0. The van der Waals surface area contributed by atoms with Gasteiger partial charge in [0.1, 0.15) is 5.75 Å². The van der Waals surface area contributed by atoms with Crippen LogP contribution in [0.1, 0.15) is 18.9 Å². The van der Waals surface area contributed by atoms with Crippen LogP contribution >= 0.6 is 0 Å². The normalized spacial score (nSPS) is 12.3. The highest BCUT2D eigenvalue weighted by molar-refractivity contribution is 7.92. The highest BCUT2D eigenvalue weighted by atomic mass is 32.2. The molecule has 0 fully saturated rings. The van der Waals surface area contributed by atoms with Crippen molar-refractivity contribution in [2.45, 2.75) is 25.8 Å². The van der Waals surface area contributed by atoms with E-state index < -0.39 is 10.0 Å². The van der Waals surface area contributed by atoms with Crippen LogP contribution in [-0.4, -0.2) is 40.3 Å². The molecule has 2 rings (SSSR count). The number of hydrogen-bond donors (Lipinski definition) is 1. The topological polar surface area (TPSA) is 75.7 Å². The summed E-state index contributed by atoms with van der Waals surface area (Å²) in [6.45, 7) is 1.88. The number of benzene rings is 2. The maximum absolute atomic E-state index is 12.0. The molecule has 0 unspecified atom stereocenters. The fourth-order valence-corrected chi connectivity index (χ4v) is 3.01. The Labute approximate surface area is 161 Å². The minimum atomic E-state index is -3.31. The van der Waals surface area contributed by atoms with Crippen molar-refractivity contribution in [3.8, 4) is 5.75 Å². The van der Waals surface area contributed by atoms with Crippen LogP contribution in [0.3, 0.4) is 0 Å². The van der Waals surface area contributed by atoms with Gasteiger partial charge in [0, 0.05) is 13.1 Å². The van der Waals surface area contributed by atoms with E-state index in [1.165, 1.54) is 16.9 Å². The van der Waals surface area contributed by atoms with Crippen molar-refractivity contribution < 1.29 is 17.9 Å². The van der Waals surface area contributed by atoms with Gasteiger partial charge in [-0.1, -0.05) is 30.3 Å². The van der Waals surface area contributed by atoms with Gasteiger partial charge in [0.05, 0.1) is 11.9 Å². The van der Waals surface area contributed by atoms with Crippen molar-refractivity contribution in [1.29, 1.82) is 0 Å². The monoisotopic (exact) mass is 390 g/mol. The maximum atomic E-state index is 12.0. The van der Waals surface area contributed by atoms with Gasteiger partial charge in [-0.3, -0.25) is 9.10 Å². The quantitative estimate of drug-likeness (QED) is 0.714. The number of rotatable bonds is 9. The molecule has 0 spiro atoms. The molecule has 0 bridgehead atoms. The maximum Gasteiger partial charge on any atom is 0.258 e. The molecular weight excluding hydrogens is 364 g/mol. The second-order valence-corrected chi connectivity index (χ2v) is 8.52. The minimum absolute atomic E-state index is 0.0482. The van der Waals surface area contributed by atoms with Gasteiger partial charge >= 0.3 is 0 Å². The van der Waals surface area contributed by atoms with E-state index in [9.17, 15) is 13.2 Å². The Hall–Kier alpha value is -2.54. The van der Waals surface area contributed by atoms with E-state index in [0.717, 1.165) is 19.1 Å². The number of carbonyl (C=O) groups excluding carboxylic acids is 1. The molecule has 0 heterocycles. The molecule has 0 aliphatic heterocycles. The number of aryl methyl sites for hydroxylation is 1. The molecule has 2 aromatic carbocycles. The average Bonchev–Trinajstić information content (AvgIpc) is 2.64. The second kappa shape index (κ2) is 9.41. The summed E-state index contributed by atoms with van der Waals surface area (Å²) < 4.78 is 29.7. The van der Waals surface area contributed by atoms with Gasteiger partial charge in [-0.2, -0.15) is 0 Å². The third-order valence-electron chi connectivity index (χ3n) is 4.18. The second-order valence-electron chi connectivity index (χ2n) is 6.51. The van der Waals surface area contributed by atoms with Crippen molar-refractivity contribution in [3.63, 3.8) is 0 Å². The first kappa shape index (κ1) is 20.8. The van der Waals surface area contributed by atoms with Crippen LogP contribution in [0.4, 0.5) is 5.69 Å². The number of ether oxygens (including phenoxy) is 1. The number of nitrogens with zero attached hydrogens (tertiary/aromatic N) is 1. The zero-order valence-electron chi connectivity index (χ0n) is 15.9. The SMILES string of the molecule is C[C@H](CCc1ccccc1)NC(=O)COc1ccc(N(C)S(C)(=O)=O)cc1. The molecule has 1 atom stereocenters. The van der Waals surface area contributed by atoms with Crippen molar-refractivity contribution in [1.82, 2.24) is 5.32 Å². The predicted octanol–water partition coefficient (Wildman–Crippen LogP) is 2.60. The lowest BCUT2D eigenvalue weighted by Gasteiger charge is -2.17. The van der Waals surface area contributed by atoms with Crippen molar-refractivity contribution >= 4 is 21.6 Å². The molecule has 0 aliphatic rings. The van der Waals surface area contributed by atoms with Crippen molar-refractivity contribution in [3.05, 3.63) is 60.2 Å². The van der Waals surface area contributed by atoms with Crippen LogP contribution in [0, 0.1) is 0 Å². The van der Waals surface area contributed by atoms with Crippen molar-refractivity contribution in [2.75, 3.05) is 24.2 Å². The highest BCUT2D eigenvalue weighted by Crippen LogP contribution is 2.20. The fourth-order valence-electron chi connectivity index (χ4n) is 2.51. The van der Waals surface area contributed by atoms with Crippen LogP contribution in [-0.2, 0) is 21.2 Å². The molecule has 0 aromatic heterocycles. The summed E-state index contributed by atoms with van der Waals surface area (Å²) in [4.78, 5) is 12.0. The Kier molecular flexibility index (Phi) is 7.24. The molecular formula is C20H26N2O4S. The molecule has 27 heavy (non-hydrogen) atoms. The number of amides is 1. The predicted molar refractivity (Wildman–Crippen MR) is 108 cm³/mol. The number of nitrogens with one attached hydrogen (secondary N) is 1. The Balaban J connectivity index is 1.76. The molecule has 1 N–H and O–H groups in total. The van der Waals surface area contributed by atoms with E-state index in [1.54, 1.807) is 24.3 Å². The van der Waals surface area contributed by atoms with E-state index in [4.69, 9.17) is 4.74 Å². The Bertz CT molecular complexity index is 836. The number of hydrogen-bond acceptors (Lipinski definition) is 4. The lowest BCUT2D eigenvalue weighted by molar-refractivity contribution is -0.123. The lowest BCUT2D eigenvalue weighted by Crippen LogP contribution is -2.36. The summed E-state index contributed by atoms with van der Waals surface area (Å²) in [5.41, 5.74) is 1.78. The lowest BCUT2D eigenvalue weighted by atomic mass is 10.1. The summed E-state index contributed by atoms with van der Waals surface area (Å²) in [6, 6.07) is 16.7. The molecule has 0 aliphatic carbocycles. The largest absolute Gasteiger partial charge is 0.484 e. The summed E-state index contributed by atoms with van der Waals surface area (Å²) in [7, 11) is -1.82. The standard InChI is InChI=1S/C20H26N2O4S/c1-16(9-10-17-7-5-4-6-8-17)21-20(23)15-26-19-13-11-18(12-14-19)22(2)27(3,24)25/h4-8,11-14,16H,9-10,15H2,1-3H3,(H,21,23)/t16-/m1/s1. The van der Waals surface area contributed by atoms with Gasteiger partial charge in [-0.25, -0.2) is 8.42 Å². The van der Waals surface area contributed by atoms with Gasteiger partial charge in [-0.15, -0.1) is 0 Å². The molecule has 0 radical (unpaired) electrons. The van der Waals surface area contributed by atoms with Gasteiger partial charge in [-0.05, 0) is 49.6 Å². The van der Waals surface area contributed by atoms with E-state index in [1.807, 2.05) is 25.1 Å². The molecule has 146 valence electrons. The molecule has 2 aromatic rings. The van der Waals surface area contributed by atoms with E-state index >= 15 is 0 Å². The molecule has 7 heteroatoms. The molecule has 0 saturated carbocycles. The molecule has 0 saturated heterocycles. The van der Waals surface area contributed by atoms with E-state index in [-0.39, 0.29) is 18.6 Å².